The van der Waals surface area contributed by atoms with Gasteiger partial charge >= 0.3 is 0 Å². The van der Waals surface area contributed by atoms with E-state index in [2.05, 4.69) is 40.5 Å². The van der Waals surface area contributed by atoms with Gasteiger partial charge in [-0.15, -0.1) is 24.0 Å². The van der Waals surface area contributed by atoms with E-state index in [0.717, 1.165) is 35.5 Å². The molecule has 154 valence electrons. The lowest BCUT2D eigenvalue weighted by atomic mass is 9.84. The number of guanidine groups is 1. The van der Waals surface area contributed by atoms with Crippen LogP contribution in [0.2, 0.25) is 0 Å². The van der Waals surface area contributed by atoms with Crippen LogP contribution in [0.15, 0.2) is 27.6 Å². The number of fused-ring (bicyclic) bond motifs is 1. The molecule has 0 saturated carbocycles. The van der Waals surface area contributed by atoms with Crippen LogP contribution < -0.4 is 20.1 Å². The van der Waals surface area contributed by atoms with Gasteiger partial charge in [0.05, 0.1) is 5.69 Å². The molecule has 2 N–H and O–H groups in total. The van der Waals surface area contributed by atoms with Crippen LogP contribution >= 0.6 is 24.0 Å². The summed E-state index contributed by atoms with van der Waals surface area (Å²) in [7, 11) is 0. The maximum Gasteiger partial charge on any atom is 0.231 e. The Morgan fingerprint density at radius 2 is 1.93 bits per heavy atom. The molecular formula is C20H29IN4O3. The quantitative estimate of drug-likeness (QED) is 0.358. The Bertz CT molecular complexity index is 813. The molecule has 0 atom stereocenters. The fourth-order valence-corrected chi connectivity index (χ4v) is 2.82. The molecule has 0 unspecified atom stereocenters. The van der Waals surface area contributed by atoms with Crippen molar-refractivity contribution < 1.29 is 13.9 Å². The van der Waals surface area contributed by atoms with Crippen molar-refractivity contribution in [1.82, 2.24) is 15.6 Å². The fourth-order valence-electron chi connectivity index (χ4n) is 2.82. The van der Waals surface area contributed by atoms with Crippen molar-refractivity contribution in [1.29, 1.82) is 0 Å². The number of ether oxygens (including phenoxy) is 2. The van der Waals surface area contributed by atoms with Gasteiger partial charge in [0.1, 0.15) is 12.3 Å². The number of hydrogen-bond acceptors (Lipinski definition) is 5. The summed E-state index contributed by atoms with van der Waals surface area (Å²) in [6.07, 6.45) is 0. The summed E-state index contributed by atoms with van der Waals surface area (Å²) >= 11 is 0. The van der Waals surface area contributed by atoms with E-state index in [1.807, 2.05) is 32.9 Å². The van der Waals surface area contributed by atoms with E-state index in [1.54, 1.807) is 0 Å². The zero-order valence-electron chi connectivity index (χ0n) is 17.1. The molecule has 1 aromatic heterocycles. The van der Waals surface area contributed by atoms with E-state index in [-0.39, 0.29) is 36.2 Å². The molecule has 0 saturated heterocycles. The highest BCUT2D eigenvalue weighted by Crippen LogP contribution is 2.36. The molecule has 7 nitrogen and oxygen atoms in total. The van der Waals surface area contributed by atoms with Crippen LogP contribution in [0, 0.1) is 13.8 Å². The monoisotopic (exact) mass is 500 g/mol. The number of aryl methyl sites for hydroxylation is 2. The Morgan fingerprint density at radius 3 is 2.61 bits per heavy atom. The molecule has 2 aromatic rings. The van der Waals surface area contributed by atoms with Crippen molar-refractivity contribution in [3.8, 4) is 11.5 Å². The molecule has 1 aromatic carbocycles. The molecule has 1 aliphatic heterocycles. The Morgan fingerprint density at radius 1 is 1.18 bits per heavy atom. The fraction of sp³-hybridized carbons (Fsp3) is 0.500. The average Bonchev–Trinajstić information content (AvgIpc) is 3.23. The smallest absolute Gasteiger partial charge is 0.231 e. The van der Waals surface area contributed by atoms with Gasteiger partial charge in [-0.1, -0.05) is 19.9 Å². The predicted octanol–water partition coefficient (Wildman–Crippen LogP) is 3.67. The number of hydrogen-bond donors (Lipinski definition) is 2. The van der Waals surface area contributed by atoms with Crippen molar-refractivity contribution in [2.24, 2.45) is 4.99 Å². The minimum absolute atomic E-state index is 0. The number of nitrogens with one attached hydrogen (secondary N) is 2. The Balaban J connectivity index is 0.00000280. The van der Waals surface area contributed by atoms with Crippen LogP contribution in [0.1, 0.15) is 43.7 Å². The van der Waals surface area contributed by atoms with Crippen LogP contribution in [0.4, 0.5) is 0 Å². The minimum atomic E-state index is -0.118. The third-order valence-corrected chi connectivity index (χ3v) is 4.64. The SMILES string of the molecule is CCNC(=NCc1nc(C)c(C)o1)NCC(C)(C)c1ccc2c(c1)OCO2.I. The summed E-state index contributed by atoms with van der Waals surface area (Å²) in [6, 6.07) is 6.09. The van der Waals surface area contributed by atoms with Crippen LogP contribution in [-0.4, -0.2) is 30.8 Å². The number of oxazole rings is 1. The van der Waals surface area contributed by atoms with Crippen molar-refractivity contribution in [3.05, 3.63) is 41.1 Å². The number of nitrogens with zero attached hydrogens (tertiary/aromatic N) is 2. The predicted molar refractivity (Wildman–Crippen MR) is 120 cm³/mol. The first kappa shape index (κ1) is 22.3. The standard InChI is InChI=1S/C20H28N4O3.HI/c1-6-21-19(22-10-18-24-13(2)14(3)27-18)23-11-20(4,5)15-7-8-16-17(9-15)26-12-25-16;/h7-9H,6,10-12H2,1-5H3,(H2,21,22,23);1H. The molecule has 0 amide bonds. The molecule has 1 aliphatic rings. The van der Waals surface area contributed by atoms with Crippen LogP contribution in [0.25, 0.3) is 0 Å². The van der Waals surface area contributed by atoms with Gasteiger partial charge in [-0.25, -0.2) is 9.98 Å². The molecule has 8 heteroatoms. The Hall–Kier alpha value is -1.97. The average molecular weight is 500 g/mol. The lowest BCUT2D eigenvalue weighted by Crippen LogP contribution is -2.43. The van der Waals surface area contributed by atoms with Gasteiger partial charge in [0.25, 0.3) is 0 Å². The molecule has 0 fully saturated rings. The van der Waals surface area contributed by atoms with Gasteiger partial charge in [-0.2, -0.15) is 0 Å². The minimum Gasteiger partial charge on any atom is -0.454 e. The second kappa shape index (κ2) is 9.49. The number of aromatic nitrogens is 1. The van der Waals surface area contributed by atoms with Crippen LogP contribution in [0.5, 0.6) is 11.5 Å². The lowest BCUT2D eigenvalue weighted by molar-refractivity contribution is 0.174. The first-order valence-electron chi connectivity index (χ1n) is 9.24. The van der Waals surface area contributed by atoms with Crippen molar-refractivity contribution >= 4 is 29.9 Å². The molecule has 0 spiro atoms. The zero-order chi connectivity index (χ0) is 19.4. The molecule has 28 heavy (non-hydrogen) atoms. The maximum atomic E-state index is 5.60. The summed E-state index contributed by atoms with van der Waals surface area (Å²) in [4.78, 5) is 8.96. The van der Waals surface area contributed by atoms with E-state index in [1.165, 1.54) is 5.56 Å². The lowest BCUT2D eigenvalue weighted by Gasteiger charge is -2.27. The number of rotatable bonds is 6. The first-order valence-corrected chi connectivity index (χ1v) is 9.24. The number of benzene rings is 1. The molecule has 0 radical (unpaired) electrons. The summed E-state index contributed by atoms with van der Waals surface area (Å²) in [5.41, 5.74) is 1.96. The maximum absolute atomic E-state index is 5.60. The number of aliphatic imine (C=N–C) groups is 1. The van der Waals surface area contributed by atoms with Crippen LogP contribution in [0.3, 0.4) is 0 Å². The van der Waals surface area contributed by atoms with Crippen molar-refractivity contribution in [2.75, 3.05) is 19.9 Å². The highest BCUT2D eigenvalue weighted by atomic mass is 127. The van der Waals surface area contributed by atoms with Gasteiger partial charge in [-0.05, 0) is 38.5 Å². The summed E-state index contributed by atoms with van der Waals surface area (Å²) in [6.45, 7) is 12.4. The molecule has 3 rings (SSSR count). The summed E-state index contributed by atoms with van der Waals surface area (Å²) in [5, 5.41) is 6.68. The summed E-state index contributed by atoms with van der Waals surface area (Å²) < 4.78 is 16.5. The van der Waals surface area contributed by atoms with Gasteiger partial charge in [-0.3, -0.25) is 0 Å². The number of halogens is 1. The highest BCUT2D eigenvalue weighted by Gasteiger charge is 2.24. The largest absolute Gasteiger partial charge is 0.454 e. The topological polar surface area (TPSA) is 80.9 Å². The van der Waals surface area contributed by atoms with Gasteiger partial charge < -0.3 is 24.5 Å². The zero-order valence-corrected chi connectivity index (χ0v) is 19.4. The Labute approximate surface area is 183 Å². The van der Waals surface area contributed by atoms with Gasteiger partial charge in [0.15, 0.2) is 17.5 Å². The molecular weight excluding hydrogens is 471 g/mol. The van der Waals surface area contributed by atoms with E-state index in [0.29, 0.717) is 19.0 Å². The van der Waals surface area contributed by atoms with Crippen LogP contribution in [-0.2, 0) is 12.0 Å². The highest BCUT2D eigenvalue weighted by molar-refractivity contribution is 14.0. The van der Waals surface area contributed by atoms with E-state index in [9.17, 15) is 0 Å². The van der Waals surface area contributed by atoms with E-state index < -0.39 is 0 Å². The molecule has 2 heterocycles. The second-order valence-electron chi connectivity index (χ2n) is 7.25. The first-order chi connectivity index (χ1) is 12.9. The second-order valence-corrected chi connectivity index (χ2v) is 7.25. The Kier molecular flexibility index (Phi) is 7.56. The normalized spacial score (nSPS) is 13.2. The van der Waals surface area contributed by atoms with Crippen molar-refractivity contribution in [3.63, 3.8) is 0 Å². The molecule has 0 aliphatic carbocycles. The van der Waals surface area contributed by atoms with Gasteiger partial charge in [0.2, 0.25) is 12.7 Å². The summed E-state index contributed by atoms with van der Waals surface area (Å²) in [5.74, 6) is 3.80. The third-order valence-electron chi connectivity index (χ3n) is 4.64. The van der Waals surface area contributed by atoms with E-state index >= 15 is 0 Å². The van der Waals surface area contributed by atoms with E-state index in [4.69, 9.17) is 13.9 Å². The van der Waals surface area contributed by atoms with Gasteiger partial charge in [0, 0.05) is 18.5 Å². The third kappa shape index (κ3) is 5.30. The molecule has 0 bridgehead atoms. The van der Waals surface area contributed by atoms with Crippen molar-refractivity contribution in [2.45, 2.75) is 46.6 Å².